The second kappa shape index (κ2) is 5.07. The quantitative estimate of drug-likeness (QED) is 0.880. The number of amides is 1. The van der Waals surface area contributed by atoms with Crippen molar-refractivity contribution in [3.05, 3.63) is 21.9 Å². The number of thiophene rings is 1. The van der Waals surface area contributed by atoms with Crippen LogP contribution in [0.3, 0.4) is 0 Å². The van der Waals surface area contributed by atoms with Gasteiger partial charge in [0, 0.05) is 6.54 Å². The number of rotatable bonds is 2. The van der Waals surface area contributed by atoms with Crippen molar-refractivity contribution >= 4 is 23.2 Å². The van der Waals surface area contributed by atoms with Crippen LogP contribution >= 0.6 is 11.3 Å². The molecule has 1 aliphatic rings. The monoisotopic (exact) mass is 269 g/mol. The van der Waals surface area contributed by atoms with E-state index in [9.17, 15) is 9.59 Å². The lowest BCUT2D eigenvalue weighted by atomic mass is 10.2. The predicted octanol–water partition coefficient (Wildman–Crippen LogP) is 1.37. The minimum atomic E-state index is -1.03. The van der Waals surface area contributed by atoms with Crippen LogP contribution < -0.4 is 0 Å². The molecular formula is C12H15NO4S. The maximum absolute atomic E-state index is 12.3. The molecule has 1 fully saturated rings. The summed E-state index contributed by atoms with van der Waals surface area (Å²) in [6, 6.07) is 1.89. The Morgan fingerprint density at radius 1 is 1.50 bits per heavy atom. The Bertz CT molecular complexity index is 470. The maximum atomic E-state index is 12.3. The lowest BCUT2D eigenvalue weighted by Gasteiger charge is -2.34. The summed E-state index contributed by atoms with van der Waals surface area (Å²) in [6.07, 6.45) is -1.19. The van der Waals surface area contributed by atoms with E-state index in [2.05, 4.69) is 0 Å². The zero-order valence-electron chi connectivity index (χ0n) is 10.3. The van der Waals surface area contributed by atoms with Crippen molar-refractivity contribution in [1.82, 2.24) is 4.90 Å². The van der Waals surface area contributed by atoms with E-state index >= 15 is 0 Å². The lowest BCUT2D eigenvalue weighted by molar-refractivity contribution is -0.160. The number of carboxylic acids is 1. The Morgan fingerprint density at radius 3 is 2.78 bits per heavy atom. The van der Waals surface area contributed by atoms with E-state index in [0.717, 1.165) is 5.56 Å². The van der Waals surface area contributed by atoms with E-state index in [1.54, 1.807) is 11.8 Å². The Hall–Kier alpha value is -1.40. The molecule has 2 heterocycles. The number of carbonyl (C=O) groups excluding carboxylic acids is 1. The first-order valence-corrected chi connectivity index (χ1v) is 6.58. The molecule has 0 aromatic carbocycles. The summed E-state index contributed by atoms with van der Waals surface area (Å²) in [6.45, 7) is 4.19. The SMILES string of the molecule is Cc1ccsc1C(=O)N1CC(C(=O)O)O[C@H](C)C1. The zero-order chi connectivity index (χ0) is 13.3. The van der Waals surface area contributed by atoms with Crippen LogP contribution in [0.5, 0.6) is 0 Å². The van der Waals surface area contributed by atoms with Gasteiger partial charge in [0.15, 0.2) is 6.10 Å². The molecule has 1 saturated heterocycles. The first-order valence-electron chi connectivity index (χ1n) is 5.70. The van der Waals surface area contributed by atoms with E-state index < -0.39 is 12.1 Å². The van der Waals surface area contributed by atoms with Gasteiger partial charge in [-0.1, -0.05) is 0 Å². The Labute approximate surface area is 109 Å². The summed E-state index contributed by atoms with van der Waals surface area (Å²) in [5, 5.41) is 10.8. The molecule has 0 spiro atoms. The lowest BCUT2D eigenvalue weighted by Crippen LogP contribution is -2.51. The number of carbonyl (C=O) groups is 2. The number of aryl methyl sites for hydroxylation is 1. The molecule has 6 heteroatoms. The van der Waals surface area contributed by atoms with Gasteiger partial charge in [0.1, 0.15) is 0 Å². The molecule has 18 heavy (non-hydrogen) atoms. The number of hydrogen-bond acceptors (Lipinski definition) is 4. The van der Waals surface area contributed by atoms with Gasteiger partial charge in [0.25, 0.3) is 5.91 Å². The van der Waals surface area contributed by atoms with Gasteiger partial charge in [-0.2, -0.15) is 0 Å². The number of morpholine rings is 1. The van der Waals surface area contributed by atoms with E-state index in [0.29, 0.717) is 11.4 Å². The van der Waals surface area contributed by atoms with E-state index in [1.807, 2.05) is 18.4 Å². The summed E-state index contributed by atoms with van der Waals surface area (Å²) in [7, 11) is 0. The molecule has 5 nitrogen and oxygen atoms in total. The number of aliphatic carboxylic acids is 1. The maximum Gasteiger partial charge on any atom is 0.334 e. The average Bonchev–Trinajstić information content (AvgIpc) is 2.73. The summed E-state index contributed by atoms with van der Waals surface area (Å²) in [4.78, 5) is 25.5. The highest BCUT2D eigenvalue weighted by Crippen LogP contribution is 2.21. The second-order valence-electron chi connectivity index (χ2n) is 4.42. The Balaban J connectivity index is 2.15. The average molecular weight is 269 g/mol. The molecule has 1 N–H and O–H groups in total. The van der Waals surface area contributed by atoms with Crippen molar-refractivity contribution in [3.8, 4) is 0 Å². The standard InChI is InChI=1S/C12H15NO4S/c1-7-3-4-18-10(7)11(14)13-5-8(2)17-9(6-13)12(15)16/h3-4,8-9H,5-6H2,1-2H3,(H,15,16)/t8-,9?/m1/s1. The van der Waals surface area contributed by atoms with Crippen LogP contribution in [0, 0.1) is 6.92 Å². The van der Waals surface area contributed by atoms with Gasteiger partial charge in [-0.3, -0.25) is 4.79 Å². The molecular weight excluding hydrogens is 254 g/mol. The highest BCUT2D eigenvalue weighted by molar-refractivity contribution is 7.12. The Morgan fingerprint density at radius 2 is 2.22 bits per heavy atom. The molecule has 98 valence electrons. The van der Waals surface area contributed by atoms with Crippen LogP contribution in [0.4, 0.5) is 0 Å². The molecule has 1 aromatic heterocycles. The minimum absolute atomic E-state index is 0.107. The fourth-order valence-corrected chi connectivity index (χ4v) is 2.88. The van der Waals surface area contributed by atoms with Crippen LogP contribution in [-0.4, -0.2) is 47.2 Å². The zero-order valence-corrected chi connectivity index (χ0v) is 11.1. The van der Waals surface area contributed by atoms with Crippen LogP contribution in [0.1, 0.15) is 22.2 Å². The van der Waals surface area contributed by atoms with Gasteiger partial charge < -0.3 is 14.7 Å². The van der Waals surface area contributed by atoms with Crippen molar-refractivity contribution in [2.75, 3.05) is 13.1 Å². The summed E-state index contributed by atoms with van der Waals surface area (Å²) in [5.41, 5.74) is 0.927. The number of ether oxygens (including phenoxy) is 1. The van der Waals surface area contributed by atoms with Crippen molar-refractivity contribution < 1.29 is 19.4 Å². The van der Waals surface area contributed by atoms with Crippen molar-refractivity contribution in [3.63, 3.8) is 0 Å². The van der Waals surface area contributed by atoms with Crippen molar-refractivity contribution in [2.45, 2.75) is 26.1 Å². The van der Waals surface area contributed by atoms with Gasteiger partial charge in [-0.25, -0.2) is 4.79 Å². The van der Waals surface area contributed by atoms with Crippen LogP contribution in [0.2, 0.25) is 0 Å². The molecule has 0 bridgehead atoms. The molecule has 0 aliphatic carbocycles. The fourth-order valence-electron chi connectivity index (χ4n) is 1.99. The third-order valence-corrected chi connectivity index (χ3v) is 3.88. The molecule has 0 saturated carbocycles. The largest absolute Gasteiger partial charge is 0.479 e. The number of carboxylic acid groups (broad SMARTS) is 1. The summed E-state index contributed by atoms with van der Waals surface area (Å²) in [5.74, 6) is -1.13. The van der Waals surface area contributed by atoms with Crippen LogP contribution in [0.15, 0.2) is 11.4 Å². The molecule has 1 amide bonds. The van der Waals surface area contributed by atoms with Crippen LogP contribution in [-0.2, 0) is 9.53 Å². The van der Waals surface area contributed by atoms with Gasteiger partial charge in [0.05, 0.1) is 17.5 Å². The normalized spacial score (nSPS) is 24.0. The third kappa shape index (κ3) is 2.54. The molecule has 0 radical (unpaired) electrons. The highest BCUT2D eigenvalue weighted by atomic mass is 32.1. The predicted molar refractivity (Wildman–Crippen MR) is 66.9 cm³/mol. The molecule has 1 aliphatic heterocycles. The smallest absolute Gasteiger partial charge is 0.334 e. The van der Waals surface area contributed by atoms with Gasteiger partial charge >= 0.3 is 5.97 Å². The first-order chi connectivity index (χ1) is 8.49. The summed E-state index contributed by atoms with van der Waals surface area (Å²) >= 11 is 1.38. The number of hydrogen-bond donors (Lipinski definition) is 1. The first kappa shape index (κ1) is 13.0. The Kier molecular flexibility index (Phi) is 3.68. The van der Waals surface area contributed by atoms with E-state index in [1.165, 1.54) is 11.3 Å². The summed E-state index contributed by atoms with van der Waals surface area (Å²) < 4.78 is 5.29. The molecule has 2 rings (SSSR count). The molecule has 2 atom stereocenters. The topological polar surface area (TPSA) is 66.8 Å². The second-order valence-corrected chi connectivity index (χ2v) is 5.33. The molecule has 1 unspecified atom stereocenters. The van der Waals surface area contributed by atoms with E-state index in [-0.39, 0.29) is 18.6 Å². The minimum Gasteiger partial charge on any atom is -0.479 e. The number of nitrogens with zero attached hydrogens (tertiary/aromatic N) is 1. The van der Waals surface area contributed by atoms with Crippen molar-refractivity contribution in [1.29, 1.82) is 0 Å². The molecule has 1 aromatic rings. The van der Waals surface area contributed by atoms with Crippen LogP contribution in [0.25, 0.3) is 0 Å². The van der Waals surface area contributed by atoms with Gasteiger partial charge in [-0.15, -0.1) is 11.3 Å². The van der Waals surface area contributed by atoms with Gasteiger partial charge in [-0.05, 0) is 30.9 Å². The van der Waals surface area contributed by atoms with E-state index in [4.69, 9.17) is 9.84 Å². The van der Waals surface area contributed by atoms with Crippen molar-refractivity contribution in [2.24, 2.45) is 0 Å². The fraction of sp³-hybridized carbons (Fsp3) is 0.500. The highest BCUT2D eigenvalue weighted by Gasteiger charge is 2.33. The third-order valence-electron chi connectivity index (χ3n) is 2.88. The van der Waals surface area contributed by atoms with Gasteiger partial charge in [0.2, 0.25) is 0 Å².